The van der Waals surface area contributed by atoms with Crippen LogP contribution in [0.15, 0.2) is 0 Å². The van der Waals surface area contributed by atoms with E-state index >= 15 is 0 Å². The summed E-state index contributed by atoms with van der Waals surface area (Å²) in [7, 11) is 0. The lowest BCUT2D eigenvalue weighted by Crippen LogP contribution is -1.99. The first-order valence-electron chi connectivity index (χ1n) is 3.84. The number of rotatable bonds is 0. The van der Waals surface area contributed by atoms with Gasteiger partial charge in [0, 0.05) is 0 Å². The molecule has 1 aliphatic carbocycles. The minimum atomic E-state index is 1.04. The average Bonchev–Trinajstić information content (AvgIpc) is 1.94. The van der Waals surface area contributed by atoms with E-state index in [-0.39, 0.29) is 0 Å². The number of hydrogen-bond acceptors (Lipinski definition) is 1. The zero-order valence-electron chi connectivity index (χ0n) is 6.56. The summed E-state index contributed by atoms with van der Waals surface area (Å²) in [6.45, 7) is 2.36. The van der Waals surface area contributed by atoms with Crippen LogP contribution in [0.5, 0.6) is 0 Å². The predicted molar refractivity (Wildman–Crippen MR) is 47.2 cm³/mol. The van der Waals surface area contributed by atoms with Gasteiger partial charge < -0.3 is 0 Å². The first-order chi connectivity index (χ1) is 4.39. The van der Waals surface area contributed by atoms with Gasteiger partial charge in [0.2, 0.25) is 0 Å². The van der Waals surface area contributed by atoms with Gasteiger partial charge in [-0.3, -0.25) is 0 Å². The van der Waals surface area contributed by atoms with Gasteiger partial charge in [0.05, 0.1) is 0 Å². The molecular formula is C8H18S. The van der Waals surface area contributed by atoms with Crippen molar-refractivity contribution in [2.45, 2.75) is 39.0 Å². The highest BCUT2D eigenvalue weighted by Crippen LogP contribution is 2.21. The van der Waals surface area contributed by atoms with E-state index < -0.39 is 0 Å². The molecular weight excluding hydrogens is 128 g/mol. The molecule has 1 rings (SSSR count). The van der Waals surface area contributed by atoms with Gasteiger partial charge in [-0.2, -0.15) is 12.6 Å². The third-order valence-electron chi connectivity index (χ3n) is 1.89. The van der Waals surface area contributed by atoms with Crippen molar-refractivity contribution in [3.8, 4) is 0 Å². The molecule has 9 heavy (non-hydrogen) atoms. The van der Waals surface area contributed by atoms with Crippen LogP contribution in [0.1, 0.15) is 39.0 Å². The number of hydrogen-bond donors (Lipinski definition) is 1. The third-order valence-corrected chi connectivity index (χ3v) is 1.89. The first kappa shape index (κ1) is 9.35. The van der Waals surface area contributed by atoms with Gasteiger partial charge in [0.25, 0.3) is 0 Å². The SMILES string of the molecule is CC1CCCCC1.CS. The van der Waals surface area contributed by atoms with Crippen LogP contribution in [-0.4, -0.2) is 6.26 Å². The highest BCUT2D eigenvalue weighted by Gasteiger charge is 2.05. The minimum Gasteiger partial charge on any atom is -0.183 e. The summed E-state index contributed by atoms with van der Waals surface area (Å²) in [5.41, 5.74) is 0. The Morgan fingerprint density at radius 2 is 1.44 bits per heavy atom. The van der Waals surface area contributed by atoms with Crippen LogP contribution in [0.2, 0.25) is 0 Å². The predicted octanol–water partition coefficient (Wildman–Crippen LogP) is 3.13. The maximum atomic E-state index is 3.53. The fraction of sp³-hybridized carbons (Fsp3) is 1.00. The van der Waals surface area contributed by atoms with Gasteiger partial charge in [-0.15, -0.1) is 0 Å². The molecule has 0 aliphatic heterocycles. The Balaban J connectivity index is 0.000000291. The summed E-state index contributed by atoms with van der Waals surface area (Å²) in [6, 6.07) is 0. The van der Waals surface area contributed by atoms with E-state index in [1.165, 1.54) is 32.1 Å². The summed E-state index contributed by atoms with van der Waals surface area (Å²) in [5, 5.41) is 0. The third kappa shape index (κ3) is 4.83. The summed E-state index contributed by atoms with van der Waals surface area (Å²) >= 11 is 3.53. The maximum absolute atomic E-state index is 3.53. The quantitative estimate of drug-likeness (QED) is 0.499. The lowest BCUT2D eigenvalue weighted by molar-refractivity contribution is 0.385. The Bertz CT molecular complexity index is 46.5. The van der Waals surface area contributed by atoms with Gasteiger partial charge in [-0.25, -0.2) is 0 Å². The Morgan fingerprint density at radius 3 is 1.67 bits per heavy atom. The van der Waals surface area contributed by atoms with Gasteiger partial charge in [0.1, 0.15) is 0 Å². The van der Waals surface area contributed by atoms with Crippen LogP contribution < -0.4 is 0 Å². The normalized spacial score (nSPS) is 20.3. The van der Waals surface area contributed by atoms with Crippen molar-refractivity contribution in [3.05, 3.63) is 0 Å². The van der Waals surface area contributed by atoms with Gasteiger partial charge in [-0.1, -0.05) is 39.0 Å². The van der Waals surface area contributed by atoms with Crippen LogP contribution in [0.25, 0.3) is 0 Å². The molecule has 0 bridgehead atoms. The van der Waals surface area contributed by atoms with E-state index in [0.29, 0.717) is 0 Å². The molecule has 0 saturated heterocycles. The molecule has 1 aliphatic rings. The van der Waals surface area contributed by atoms with Crippen molar-refractivity contribution in [2.24, 2.45) is 5.92 Å². The van der Waals surface area contributed by atoms with E-state index in [1.807, 2.05) is 0 Å². The molecule has 1 saturated carbocycles. The second-order valence-electron chi connectivity index (χ2n) is 2.74. The van der Waals surface area contributed by atoms with Crippen molar-refractivity contribution in [2.75, 3.05) is 6.26 Å². The highest BCUT2D eigenvalue weighted by molar-refractivity contribution is 7.79. The van der Waals surface area contributed by atoms with Crippen molar-refractivity contribution in [3.63, 3.8) is 0 Å². The van der Waals surface area contributed by atoms with E-state index in [1.54, 1.807) is 6.26 Å². The van der Waals surface area contributed by atoms with E-state index in [9.17, 15) is 0 Å². The average molecular weight is 146 g/mol. The first-order valence-corrected chi connectivity index (χ1v) is 4.74. The largest absolute Gasteiger partial charge is 0.183 e. The van der Waals surface area contributed by atoms with Gasteiger partial charge in [-0.05, 0) is 12.2 Å². The van der Waals surface area contributed by atoms with Gasteiger partial charge >= 0.3 is 0 Å². The van der Waals surface area contributed by atoms with Crippen LogP contribution in [0.3, 0.4) is 0 Å². The summed E-state index contributed by atoms with van der Waals surface area (Å²) in [6.07, 6.45) is 9.13. The molecule has 56 valence electrons. The minimum absolute atomic E-state index is 1.04. The van der Waals surface area contributed by atoms with Crippen LogP contribution in [-0.2, 0) is 0 Å². The molecule has 0 amide bonds. The highest BCUT2D eigenvalue weighted by atomic mass is 32.1. The Morgan fingerprint density at radius 1 is 1.00 bits per heavy atom. The molecule has 0 nitrogen and oxygen atoms in total. The Labute approximate surface area is 64.4 Å². The van der Waals surface area contributed by atoms with Crippen LogP contribution in [0, 0.1) is 5.92 Å². The monoisotopic (exact) mass is 146 g/mol. The molecule has 0 heterocycles. The summed E-state index contributed by atoms with van der Waals surface area (Å²) in [4.78, 5) is 0. The molecule has 0 aromatic rings. The topological polar surface area (TPSA) is 0 Å². The zero-order chi connectivity index (χ0) is 7.11. The Kier molecular flexibility index (Phi) is 6.72. The molecule has 0 radical (unpaired) electrons. The molecule has 1 heteroatoms. The van der Waals surface area contributed by atoms with Crippen LogP contribution in [0.4, 0.5) is 0 Å². The molecule has 0 spiro atoms. The van der Waals surface area contributed by atoms with Crippen molar-refractivity contribution >= 4 is 12.6 Å². The van der Waals surface area contributed by atoms with Crippen LogP contribution >= 0.6 is 12.6 Å². The van der Waals surface area contributed by atoms with Gasteiger partial charge in [0.15, 0.2) is 0 Å². The maximum Gasteiger partial charge on any atom is -0.0215 e. The van der Waals surface area contributed by atoms with E-state index in [4.69, 9.17) is 0 Å². The second-order valence-corrected chi connectivity index (χ2v) is 2.74. The van der Waals surface area contributed by atoms with Crippen molar-refractivity contribution in [1.29, 1.82) is 0 Å². The Hall–Kier alpha value is 0.350. The fourth-order valence-corrected chi connectivity index (χ4v) is 1.31. The molecule has 0 unspecified atom stereocenters. The van der Waals surface area contributed by atoms with Crippen molar-refractivity contribution < 1.29 is 0 Å². The summed E-state index contributed by atoms with van der Waals surface area (Å²) < 4.78 is 0. The molecule has 0 aromatic carbocycles. The lowest BCUT2D eigenvalue weighted by Gasteiger charge is -2.15. The molecule has 0 atom stereocenters. The fourth-order valence-electron chi connectivity index (χ4n) is 1.31. The smallest absolute Gasteiger partial charge is 0.0215 e. The van der Waals surface area contributed by atoms with E-state index in [0.717, 1.165) is 5.92 Å². The second kappa shape index (κ2) is 6.47. The lowest BCUT2D eigenvalue weighted by atomic mass is 9.91. The number of thiol groups is 1. The zero-order valence-corrected chi connectivity index (χ0v) is 7.45. The molecule has 0 aromatic heterocycles. The summed E-state index contributed by atoms with van der Waals surface area (Å²) in [5.74, 6) is 1.04. The molecule has 1 fully saturated rings. The van der Waals surface area contributed by atoms with E-state index in [2.05, 4.69) is 19.6 Å². The van der Waals surface area contributed by atoms with Crippen molar-refractivity contribution in [1.82, 2.24) is 0 Å². The standard InChI is InChI=1S/C7H14.CH4S/c1-7-5-3-2-4-6-7;1-2/h7H,2-6H2,1H3;2H,1H3. The molecule has 0 N–H and O–H groups in total.